The average molecular weight is 277 g/mol. The van der Waals surface area contributed by atoms with E-state index in [1.807, 2.05) is 51.1 Å². The highest BCUT2D eigenvalue weighted by Crippen LogP contribution is 2.27. The molecule has 0 spiro atoms. The van der Waals surface area contributed by atoms with Crippen LogP contribution in [0.15, 0.2) is 36.4 Å². The van der Waals surface area contributed by atoms with Gasteiger partial charge in [0.1, 0.15) is 11.5 Å². The Hall–Kier alpha value is -1.47. The normalized spacial score (nSPS) is 9.58. The van der Waals surface area contributed by atoms with Crippen LogP contribution in [0.2, 0.25) is 5.02 Å². The number of halogens is 1. The Balaban J connectivity index is 0.000000861. The van der Waals surface area contributed by atoms with Crippen molar-refractivity contribution < 1.29 is 4.74 Å². The lowest BCUT2D eigenvalue weighted by Crippen LogP contribution is -1.87. The third-order valence-electron chi connectivity index (χ3n) is 2.86. The number of rotatable bonds is 2. The van der Waals surface area contributed by atoms with E-state index in [0.717, 1.165) is 22.1 Å². The first-order chi connectivity index (χ1) is 9.06. The Morgan fingerprint density at radius 2 is 1.26 bits per heavy atom. The van der Waals surface area contributed by atoms with Crippen molar-refractivity contribution in [2.75, 3.05) is 0 Å². The maximum atomic E-state index is 6.06. The van der Waals surface area contributed by atoms with Crippen LogP contribution in [0.3, 0.4) is 0 Å². The summed E-state index contributed by atoms with van der Waals surface area (Å²) in [5, 5.41) is 0.728. The number of hydrogen-bond acceptors (Lipinski definition) is 1. The van der Waals surface area contributed by atoms with Gasteiger partial charge in [0.25, 0.3) is 0 Å². The van der Waals surface area contributed by atoms with Crippen molar-refractivity contribution in [3.63, 3.8) is 0 Å². The molecule has 0 radical (unpaired) electrons. The van der Waals surface area contributed by atoms with Gasteiger partial charge in [-0.25, -0.2) is 0 Å². The molecule has 2 aromatic rings. The fourth-order valence-corrected chi connectivity index (χ4v) is 1.72. The summed E-state index contributed by atoms with van der Waals surface area (Å²) in [6, 6.07) is 11.8. The van der Waals surface area contributed by atoms with Crippen molar-refractivity contribution >= 4 is 11.6 Å². The number of benzene rings is 2. The summed E-state index contributed by atoms with van der Waals surface area (Å²) >= 11 is 6.06. The van der Waals surface area contributed by atoms with Gasteiger partial charge in [-0.1, -0.05) is 37.6 Å². The molecule has 0 amide bonds. The predicted octanol–water partition coefficient (Wildman–Crippen LogP) is 6.08. The van der Waals surface area contributed by atoms with Crippen molar-refractivity contribution in [2.45, 2.75) is 34.6 Å². The van der Waals surface area contributed by atoms with Gasteiger partial charge in [-0.05, 0) is 61.7 Å². The van der Waals surface area contributed by atoms with Crippen LogP contribution in [-0.4, -0.2) is 0 Å². The Morgan fingerprint density at radius 1 is 0.737 bits per heavy atom. The second kappa shape index (κ2) is 7.20. The van der Waals surface area contributed by atoms with E-state index in [2.05, 4.69) is 19.9 Å². The maximum Gasteiger partial charge on any atom is 0.128 e. The third kappa shape index (κ3) is 4.29. The lowest BCUT2D eigenvalue weighted by molar-refractivity contribution is 0.482. The molecule has 0 aliphatic heterocycles. The van der Waals surface area contributed by atoms with E-state index in [9.17, 15) is 0 Å². The Labute approximate surface area is 121 Å². The molecule has 2 aromatic carbocycles. The first-order valence-corrected chi connectivity index (χ1v) is 6.95. The molecule has 0 unspecified atom stereocenters. The molecule has 2 rings (SSSR count). The lowest BCUT2D eigenvalue weighted by Gasteiger charge is -2.09. The number of ether oxygens (including phenoxy) is 1. The summed E-state index contributed by atoms with van der Waals surface area (Å²) in [7, 11) is 0. The van der Waals surface area contributed by atoms with Crippen LogP contribution in [-0.2, 0) is 0 Å². The first kappa shape index (κ1) is 15.6. The minimum atomic E-state index is 0.728. The largest absolute Gasteiger partial charge is 0.457 e. The van der Waals surface area contributed by atoms with Gasteiger partial charge in [0.05, 0.1) is 0 Å². The van der Waals surface area contributed by atoms with Crippen LogP contribution in [0.5, 0.6) is 11.5 Å². The van der Waals surface area contributed by atoms with E-state index in [1.54, 1.807) is 0 Å². The van der Waals surface area contributed by atoms with Gasteiger partial charge < -0.3 is 4.74 Å². The summed E-state index contributed by atoms with van der Waals surface area (Å²) < 4.78 is 5.77. The van der Waals surface area contributed by atoms with Crippen LogP contribution < -0.4 is 4.74 Å². The van der Waals surface area contributed by atoms with Crippen molar-refractivity contribution in [3.05, 3.63) is 58.1 Å². The molecule has 0 atom stereocenters. The summed E-state index contributed by atoms with van der Waals surface area (Å²) in [6.07, 6.45) is 0. The molecule has 0 aromatic heterocycles. The Kier molecular flexibility index (Phi) is 5.91. The van der Waals surface area contributed by atoms with E-state index in [0.29, 0.717) is 0 Å². The SMILES string of the molecule is CC.Cc1ccc(Oc2ccc(C)c(Cl)c2)cc1C. The van der Waals surface area contributed by atoms with Crippen molar-refractivity contribution in [3.8, 4) is 11.5 Å². The Bertz CT molecular complexity index is 497. The predicted molar refractivity (Wildman–Crippen MR) is 83.5 cm³/mol. The zero-order valence-electron chi connectivity index (χ0n) is 12.3. The van der Waals surface area contributed by atoms with Gasteiger partial charge in [0, 0.05) is 5.02 Å². The molecular weight excluding hydrogens is 256 g/mol. The highest BCUT2D eigenvalue weighted by molar-refractivity contribution is 6.31. The molecule has 19 heavy (non-hydrogen) atoms. The first-order valence-electron chi connectivity index (χ1n) is 6.57. The average Bonchev–Trinajstić information content (AvgIpc) is 2.41. The van der Waals surface area contributed by atoms with Crippen LogP contribution in [0.25, 0.3) is 0 Å². The molecule has 0 N–H and O–H groups in total. The zero-order chi connectivity index (χ0) is 14.4. The van der Waals surface area contributed by atoms with Gasteiger partial charge >= 0.3 is 0 Å². The standard InChI is InChI=1S/C15H15ClO.C2H6/c1-10-4-6-13(8-12(10)3)17-14-7-5-11(2)15(16)9-14;1-2/h4-9H,1-3H3;1-2H3. The second-order valence-corrected chi connectivity index (χ2v) is 4.67. The fraction of sp³-hybridized carbons (Fsp3) is 0.294. The molecule has 102 valence electrons. The molecule has 0 bridgehead atoms. The van der Waals surface area contributed by atoms with Crippen LogP contribution in [0.1, 0.15) is 30.5 Å². The second-order valence-electron chi connectivity index (χ2n) is 4.26. The minimum Gasteiger partial charge on any atom is -0.457 e. The van der Waals surface area contributed by atoms with Gasteiger partial charge in [-0.3, -0.25) is 0 Å². The van der Waals surface area contributed by atoms with E-state index < -0.39 is 0 Å². The molecule has 0 heterocycles. The molecule has 0 aliphatic carbocycles. The molecule has 0 saturated heterocycles. The molecule has 1 nitrogen and oxygen atoms in total. The smallest absolute Gasteiger partial charge is 0.128 e. The van der Waals surface area contributed by atoms with Gasteiger partial charge in [0.15, 0.2) is 0 Å². The Morgan fingerprint density at radius 3 is 1.79 bits per heavy atom. The van der Waals surface area contributed by atoms with E-state index in [-0.39, 0.29) is 0 Å². The lowest BCUT2D eigenvalue weighted by atomic mass is 10.1. The summed E-state index contributed by atoms with van der Waals surface area (Å²) in [5.41, 5.74) is 3.54. The summed E-state index contributed by atoms with van der Waals surface area (Å²) in [6.45, 7) is 10.1. The molecule has 0 saturated carbocycles. The fourth-order valence-electron chi connectivity index (χ4n) is 1.55. The summed E-state index contributed by atoms with van der Waals surface area (Å²) in [4.78, 5) is 0. The zero-order valence-corrected chi connectivity index (χ0v) is 13.0. The molecule has 0 aliphatic rings. The van der Waals surface area contributed by atoms with Crippen molar-refractivity contribution in [2.24, 2.45) is 0 Å². The third-order valence-corrected chi connectivity index (χ3v) is 3.26. The number of hydrogen-bond donors (Lipinski definition) is 0. The number of aryl methyl sites for hydroxylation is 3. The van der Waals surface area contributed by atoms with E-state index in [4.69, 9.17) is 16.3 Å². The van der Waals surface area contributed by atoms with Crippen LogP contribution in [0, 0.1) is 20.8 Å². The van der Waals surface area contributed by atoms with E-state index in [1.165, 1.54) is 11.1 Å². The molecule has 0 fully saturated rings. The highest BCUT2D eigenvalue weighted by atomic mass is 35.5. The van der Waals surface area contributed by atoms with E-state index >= 15 is 0 Å². The van der Waals surface area contributed by atoms with Gasteiger partial charge in [-0.15, -0.1) is 0 Å². The maximum absolute atomic E-state index is 6.06. The van der Waals surface area contributed by atoms with Crippen molar-refractivity contribution in [1.82, 2.24) is 0 Å². The molecule has 2 heteroatoms. The highest BCUT2D eigenvalue weighted by Gasteiger charge is 2.02. The van der Waals surface area contributed by atoms with Crippen LogP contribution in [0.4, 0.5) is 0 Å². The minimum absolute atomic E-state index is 0.728. The summed E-state index contributed by atoms with van der Waals surface area (Å²) in [5.74, 6) is 1.61. The van der Waals surface area contributed by atoms with Gasteiger partial charge in [0.2, 0.25) is 0 Å². The quantitative estimate of drug-likeness (QED) is 0.645. The topological polar surface area (TPSA) is 9.23 Å². The molecular formula is C17H21ClO. The monoisotopic (exact) mass is 276 g/mol. The van der Waals surface area contributed by atoms with Crippen LogP contribution >= 0.6 is 11.6 Å². The van der Waals surface area contributed by atoms with Crippen molar-refractivity contribution in [1.29, 1.82) is 0 Å². The van der Waals surface area contributed by atoms with Gasteiger partial charge in [-0.2, -0.15) is 0 Å².